The first-order valence-corrected chi connectivity index (χ1v) is 11.0. The monoisotopic (exact) mass is 326 g/mol. The van der Waals surface area contributed by atoms with Gasteiger partial charge in [0, 0.05) is 12.1 Å². The maximum absolute atomic E-state index is 12.0. The smallest absolute Gasteiger partial charge is 0.251 e. The van der Waals surface area contributed by atoms with Crippen LogP contribution >= 0.6 is 10.0 Å². The number of hydrogen-bond acceptors (Lipinski definition) is 2. The Bertz CT molecular complexity index is 410. The van der Waals surface area contributed by atoms with Crippen molar-refractivity contribution in [1.82, 2.24) is 10.6 Å². The molecule has 0 aliphatic carbocycles. The summed E-state index contributed by atoms with van der Waals surface area (Å²) in [5.41, 5.74) is 0.757. The first kappa shape index (κ1) is 21.0. The Morgan fingerprint density at radius 1 is 0.955 bits per heavy atom. The van der Waals surface area contributed by atoms with Gasteiger partial charge in [0.25, 0.3) is 5.91 Å². The van der Waals surface area contributed by atoms with Gasteiger partial charge in [0.1, 0.15) is 0 Å². The van der Waals surface area contributed by atoms with Crippen LogP contribution in [0.1, 0.15) is 43.5 Å². The minimum Gasteiger partial charge on any atom is -0.352 e. The van der Waals surface area contributed by atoms with E-state index in [4.69, 9.17) is 0 Å². The summed E-state index contributed by atoms with van der Waals surface area (Å²) in [6, 6.07) is 8.03. The van der Waals surface area contributed by atoms with Crippen LogP contribution in [0.4, 0.5) is 0 Å². The number of carbonyl (C=O) groups excluding carboxylic acids is 1. The largest absolute Gasteiger partial charge is 0.352 e. The second-order valence-corrected chi connectivity index (χ2v) is 9.93. The SMILES string of the molecule is CC.CNCCCCCNC(=O)c1ccc(S(C)(C)C)cc1. The summed E-state index contributed by atoms with van der Waals surface area (Å²) in [5.74, 6) is 0.0362. The van der Waals surface area contributed by atoms with Crippen LogP contribution in [-0.2, 0) is 0 Å². The molecule has 0 aliphatic heterocycles. The van der Waals surface area contributed by atoms with Crippen LogP contribution in [0.5, 0.6) is 0 Å². The highest BCUT2D eigenvalue weighted by atomic mass is 32.3. The molecule has 1 aromatic carbocycles. The van der Waals surface area contributed by atoms with Crippen LogP contribution in [0.3, 0.4) is 0 Å². The number of unbranched alkanes of at least 4 members (excludes halogenated alkanes) is 2. The van der Waals surface area contributed by atoms with E-state index in [0.29, 0.717) is 0 Å². The zero-order valence-electron chi connectivity index (χ0n) is 15.2. The molecule has 1 rings (SSSR count). The highest BCUT2D eigenvalue weighted by Gasteiger charge is 2.09. The molecule has 1 amide bonds. The fourth-order valence-corrected chi connectivity index (χ4v) is 2.87. The van der Waals surface area contributed by atoms with Crippen LogP contribution in [0, 0.1) is 0 Å². The minimum absolute atomic E-state index is 0.0362. The van der Waals surface area contributed by atoms with E-state index < -0.39 is 10.0 Å². The van der Waals surface area contributed by atoms with Crippen LogP contribution in [0.25, 0.3) is 0 Å². The number of hydrogen-bond donors (Lipinski definition) is 2. The molecule has 22 heavy (non-hydrogen) atoms. The van der Waals surface area contributed by atoms with Gasteiger partial charge in [-0.2, -0.15) is 0 Å². The molecular weight excluding hydrogens is 292 g/mol. The Hall–Kier alpha value is -1.00. The molecule has 128 valence electrons. The average molecular weight is 327 g/mol. The molecule has 0 bridgehead atoms. The highest BCUT2D eigenvalue weighted by molar-refractivity contribution is 8.32. The number of benzene rings is 1. The average Bonchev–Trinajstić information content (AvgIpc) is 2.52. The molecule has 0 saturated carbocycles. The maximum atomic E-state index is 12.0. The summed E-state index contributed by atoms with van der Waals surface area (Å²) in [6.45, 7) is 5.80. The third-order valence-corrected chi connectivity index (χ3v) is 4.90. The molecule has 3 nitrogen and oxygen atoms in total. The van der Waals surface area contributed by atoms with E-state index >= 15 is 0 Å². The van der Waals surface area contributed by atoms with E-state index in [9.17, 15) is 4.79 Å². The summed E-state index contributed by atoms with van der Waals surface area (Å²) >= 11 is 0. The van der Waals surface area contributed by atoms with Gasteiger partial charge in [-0.1, -0.05) is 20.3 Å². The third-order valence-electron chi connectivity index (χ3n) is 3.21. The van der Waals surface area contributed by atoms with E-state index in [2.05, 4.69) is 41.5 Å². The van der Waals surface area contributed by atoms with Crippen molar-refractivity contribution in [1.29, 1.82) is 0 Å². The van der Waals surface area contributed by atoms with Crippen molar-refractivity contribution < 1.29 is 4.79 Å². The molecule has 0 atom stereocenters. The summed E-state index contributed by atoms with van der Waals surface area (Å²) in [4.78, 5) is 13.3. The second kappa shape index (κ2) is 11.6. The summed E-state index contributed by atoms with van der Waals surface area (Å²) in [7, 11) is 1.25. The highest BCUT2D eigenvalue weighted by Crippen LogP contribution is 2.44. The quantitative estimate of drug-likeness (QED) is 0.712. The van der Waals surface area contributed by atoms with Gasteiger partial charge in [-0.15, -0.1) is 0 Å². The molecular formula is C18H34N2OS. The van der Waals surface area contributed by atoms with Gasteiger partial charge >= 0.3 is 0 Å². The fraction of sp³-hybridized carbons (Fsp3) is 0.611. The van der Waals surface area contributed by atoms with Crippen LogP contribution in [0.15, 0.2) is 29.2 Å². The number of carbonyl (C=O) groups is 1. The van der Waals surface area contributed by atoms with E-state index in [1.807, 2.05) is 33.0 Å². The van der Waals surface area contributed by atoms with Crippen molar-refractivity contribution in [2.75, 3.05) is 38.9 Å². The molecule has 2 N–H and O–H groups in total. The lowest BCUT2D eigenvalue weighted by molar-refractivity contribution is 0.0953. The predicted octanol–water partition coefficient (Wildman–Crippen LogP) is 3.89. The summed E-state index contributed by atoms with van der Waals surface area (Å²) < 4.78 is 0. The van der Waals surface area contributed by atoms with Crippen molar-refractivity contribution in [3.8, 4) is 0 Å². The molecule has 0 aromatic heterocycles. The molecule has 0 unspecified atom stereocenters. The van der Waals surface area contributed by atoms with Gasteiger partial charge < -0.3 is 10.6 Å². The fourth-order valence-electron chi connectivity index (χ4n) is 1.92. The van der Waals surface area contributed by atoms with Crippen LogP contribution < -0.4 is 10.6 Å². The van der Waals surface area contributed by atoms with E-state index in [-0.39, 0.29) is 5.91 Å². The molecule has 0 heterocycles. The maximum Gasteiger partial charge on any atom is 0.251 e. The van der Waals surface area contributed by atoms with Gasteiger partial charge in [-0.3, -0.25) is 4.79 Å². The van der Waals surface area contributed by atoms with Crippen molar-refractivity contribution in [3.63, 3.8) is 0 Å². The Morgan fingerprint density at radius 3 is 2.00 bits per heavy atom. The third kappa shape index (κ3) is 8.44. The van der Waals surface area contributed by atoms with Crippen molar-refractivity contribution in [2.45, 2.75) is 38.0 Å². The molecule has 1 aromatic rings. The Balaban J connectivity index is 0.00000211. The lowest BCUT2D eigenvalue weighted by atomic mass is 10.2. The summed E-state index contributed by atoms with van der Waals surface area (Å²) in [6.07, 6.45) is 10.1. The molecule has 0 fully saturated rings. The number of nitrogens with one attached hydrogen (secondary N) is 2. The Labute approximate surface area is 138 Å². The van der Waals surface area contributed by atoms with E-state index in [1.165, 1.54) is 4.90 Å². The Morgan fingerprint density at radius 2 is 1.50 bits per heavy atom. The molecule has 0 radical (unpaired) electrons. The van der Waals surface area contributed by atoms with Gasteiger partial charge in [-0.05, 0) is 74.4 Å². The zero-order valence-corrected chi connectivity index (χ0v) is 16.0. The van der Waals surface area contributed by atoms with Gasteiger partial charge in [-0.25, -0.2) is 10.0 Å². The first-order valence-electron chi connectivity index (χ1n) is 8.16. The predicted molar refractivity (Wildman–Crippen MR) is 102 cm³/mol. The topological polar surface area (TPSA) is 41.1 Å². The van der Waals surface area contributed by atoms with Gasteiger partial charge in [0.05, 0.1) is 0 Å². The molecule has 0 spiro atoms. The van der Waals surface area contributed by atoms with E-state index in [0.717, 1.165) is 37.9 Å². The van der Waals surface area contributed by atoms with Crippen LogP contribution in [-0.4, -0.2) is 44.8 Å². The zero-order chi connectivity index (χ0) is 17.0. The lowest BCUT2D eigenvalue weighted by Crippen LogP contribution is -2.24. The standard InChI is InChI=1S/C16H28N2OS.C2H6/c1-17-12-6-5-7-13-18-16(19)14-8-10-15(11-9-14)20(2,3)4;1-2/h8-11,17H,5-7,12-13H2,1-4H3,(H,18,19);1-2H3. The summed E-state index contributed by atoms with van der Waals surface area (Å²) in [5, 5.41) is 6.11. The van der Waals surface area contributed by atoms with E-state index in [1.54, 1.807) is 0 Å². The van der Waals surface area contributed by atoms with Crippen LogP contribution in [0.2, 0.25) is 0 Å². The van der Waals surface area contributed by atoms with Crippen molar-refractivity contribution >= 4 is 15.9 Å². The van der Waals surface area contributed by atoms with Gasteiger partial charge in [0.2, 0.25) is 0 Å². The first-order chi connectivity index (χ1) is 10.4. The molecule has 0 aliphatic rings. The minimum atomic E-state index is -0.713. The van der Waals surface area contributed by atoms with Gasteiger partial charge in [0.15, 0.2) is 0 Å². The normalized spacial score (nSPS) is 11.4. The molecule has 4 heteroatoms. The van der Waals surface area contributed by atoms with Crippen molar-refractivity contribution in [2.24, 2.45) is 0 Å². The number of amides is 1. The van der Waals surface area contributed by atoms with Crippen molar-refractivity contribution in [3.05, 3.63) is 29.8 Å². The second-order valence-electron chi connectivity index (χ2n) is 5.78. The number of rotatable bonds is 8. The molecule has 0 saturated heterocycles. The Kier molecular flexibility index (Phi) is 11.0. The lowest BCUT2D eigenvalue weighted by Gasteiger charge is -2.25.